The van der Waals surface area contributed by atoms with Crippen molar-refractivity contribution in [2.24, 2.45) is 0 Å². The van der Waals surface area contributed by atoms with Gasteiger partial charge in [0.05, 0.1) is 13.2 Å². The average Bonchev–Trinajstić information content (AvgIpc) is 3.24. The standard InChI is InChI=1S/C54H110O5/c1-7-13-19-27-37-47-55-49-39-29-25-31-41-51-57-53(43-33-21-15-9-3,44-34-22-16-10-4)59-54(45-35-23-17-11-5,46-36-24-18-12-6)58-52-42-32-26-30-40-50-56-48-38-28-20-14-8-2/h7-52H2,1-6H3. The molecule has 0 aromatic rings. The molecule has 0 aliphatic carbocycles. The van der Waals surface area contributed by atoms with Crippen LogP contribution in [0.1, 0.15) is 298 Å². The maximum absolute atomic E-state index is 7.70. The number of hydrogen-bond acceptors (Lipinski definition) is 5. The highest BCUT2D eigenvalue weighted by molar-refractivity contribution is 4.80. The molecule has 0 rings (SSSR count). The monoisotopic (exact) mass is 839 g/mol. The third kappa shape index (κ3) is 39.2. The summed E-state index contributed by atoms with van der Waals surface area (Å²) in [7, 11) is 0. The molecule has 0 atom stereocenters. The molecule has 0 aliphatic heterocycles. The van der Waals surface area contributed by atoms with E-state index in [2.05, 4.69) is 41.5 Å². The summed E-state index contributed by atoms with van der Waals surface area (Å²) < 4.78 is 34.0. The van der Waals surface area contributed by atoms with E-state index in [0.717, 1.165) is 78.2 Å². The summed E-state index contributed by atoms with van der Waals surface area (Å²) in [5, 5.41) is 0. The molecule has 0 radical (unpaired) electrons. The van der Waals surface area contributed by atoms with Gasteiger partial charge in [0.25, 0.3) is 0 Å². The largest absolute Gasteiger partial charge is 0.381 e. The highest BCUT2D eigenvalue weighted by atomic mass is 16.8. The van der Waals surface area contributed by atoms with Crippen molar-refractivity contribution in [2.75, 3.05) is 39.6 Å². The van der Waals surface area contributed by atoms with Crippen LogP contribution < -0.4 is 0 Å². The highest BCUT2D eigenvalue weighted by Crippen LogP contribution is 2.39. The summed E-state index contributed by atoms with van der Waals surface area (Å²) in [6.07, 6.45) is 49.0. The summed E-state index contributed by atoms with van der Waals surface area (Å²) in [5.74, 6) is -1.12. The van der Waals surface area contributed by atoms with Crippen LogP contribution in [0.5, 0.6) is 0 Å². The van der Waals surface area contributed by atoms with Crippen molar-refractivity contribution >= 4 is 0 Å². The Morgan fingerprint density at radius 3 is 0.678 bits per heavy atom. The van der Waals surface area contributed by atoms with Gasteiger partial charge in [0.1, 0.15) is 0 Å². The van der Waals surface area contributed by atoms with E-state index in [4.69, 9.17) is 23.7 Å². The number of rotatable bonds is 52. The molecule has 0 aromatic heterocycles. The molecule has 0 heterocycles. The molecule has 59 heavy (non-hydrogen) atoms. The third-order valence-electron chi connectivity index (χ3n) is 12.4. The maximum Gasteiger partial charge on any atom is 0.171 e. The fourth-order valence-corrected chi connectivity index (χ4v) is 8.43. The van der Waals surface area contributed by atoms with Gasteiger partial charge in [0.15, 0.2) is 11.6 Å². The van der Waals surface area contributed by atoms with E-state index in [9.17, 15) is 0 Å². The van der Waals surface area contributed by atoms with Crippen LogP contribution in [-0.2, 0) is 23.7 Å². The van der Waals surface area contributed by atoms with Gasteiger partial charge < -0.3 is 23.7 Å². The summed E-state index contributed by atoms with van der Waals surface area (Å²) in [6, 6.07) is 0. The average molecular weight is 839 g/mol. The molecule has 0 N–H and O–H groups in total. The molecule has 0 amide bonds. The molecular formula is C54H110O5. The van der Waals surface area contributed by atoms with Crippen molar-refractivity contribution in [3.63, 3.8) is 0 Å². The quantitative estimate of drug-likeness (QED) is 0.0451. The zero-order valence-electron chi connectivity index (χ0n) is 41.6. The second kappa shape index (κ2) is 47.3. The molecule has 0 unspecified atom stereocenters. The van der Waals surface area contributed by atoms with Crippen molar-refractivity contribution in [2.45, 2.75) is 310 Å². The lowest BCUT2D eigenvalue weighted by Gasteiger charge is -2.44. The van der Waals surface area contributed by atoms with Gasteiger partial charge in [0, 0.05) is 52.1 Å². The van der Waals surface area contributed by atoms with Gasteiger partial charge in [-0.2, -0.15) is 0 Å². The fraction of sp³-hybridized carbons (Fsp3) is 1.00. The van der Waals surface area contributed by atoms with E-state index in [1.54, 1.807) is 0 Å². The maximum atomic E-state index is 7.70. The van der Waals surface area contributed by atoms with E-state index in [-0.39, 0.29) is 0 Å². The second-order valence-corrected chi connectivity index (χ2v) is 18.5. The van der Waals surface area contributed by atoms with Crippen molar-refractivity contribution < 1.29 is 23.7 Å². The van der Waals surface area contributed by atoms with Crippen LogP contribution >= 0.6 is 0 Å². The predicted molar refractivity (Wildman–Crippen MR) is 259 cm³/mol. The fourth-order valence-electron chi connectivity index (χ4n) is 8.43. The molecule has 0 fully saturated rings. The molecule has 5 heteroatoms. The molecule has 0 saturated carbocycles. The topological polar surface area (TPSA) is 46.2 Å². The van der Waals surface area contributed by atoms with Gasteiger partial charge in [-0.3, -0.25) is 0 Å². The lowest BCUT2D eigenvalue weighted by Crippen LogP contribution is -2.49. The first-order valence-corrected chi connectivity index (χ1v) is 27.2. The first kappa shape index (κ1) is 58.8. The van der Waals surface area contributed by atoms with Crippen molar-refractivity contribution in [1.29, 1.82) is 0 Å². The Morgan fingerprint density at radius 2 is 0.424 bits per heavy atom. The van der Waals surface area contributed by atoms with Gasteiger partial charge >= 0.3 is 0 Å². The SMILES string of the molecule is CCCCCCCOCCCCCCCOC(CCCCCC)(CCCCCC)OC(CCCCCC)(CCCCCC)OCCCCCCCOCCCCCCC. The van der Waals surface area contributed by atoms with Gasteiger partial charge in [-0.15, -0.1) is 0 Å². The smallest absolute Gasteiger partial charge is 0.171 e. The van der Waals surface area contributed by atoms with Crippen molar-refractivity contribution in [1.82, 2.24) is 0 Å². The first-order chi connectivity index (χ1) is 29.1. The number of ether oxygens (including phenoxy) is 5. The molecule has 0 saturated heterocycles. The summed E-state index contributed by atoms with van der Waals surface area (Å²) in [6.45, 7) is 19.1. The molecule has 356 valence electrons. The van der Waals surface area contributed by atoms with Crippen molar-refractivity contribution in [3.05, 3.63) is 0 Å². The predicted octanol–water partition coefficient (Wildman–Crippen LogP) is 18.2. The van der Waals surface area contributed by atoms with Crippen molar-refractivity contribution in [3.8, 4) is 0 Å². The van der Waals surface area contributed by atoms with Crippen LogP contribution in [0.2, 0.25) is 0 Å². The van der Waals surface area contributed by atoms with Crippen LogP contribution in [-0.4, -0.2) is 51.2 Å². The van der Waals surface area contributed by atoms with Gasteiger partial charge in [-0.1, -0.05) is 208 Å². The van der Waals surface area contributed by atoms with E-state index < -0.39 is 11.6 Å². The lowest BCUT2D eigenvalue weighted by atomic mass is 9.95. The normalized spacial score (nSPS) is 12.3. The zero-order valence-corrected chi connectivity index (χ0v) is 41.6. The van der Waals surface area contributed by atoms with Crippen LogP contribution in [0, 0.1) is 0 Å². The highest BCUT2D eigenvalue weighted by Gasteiger charge is 2.43. The number of unbranched alkanes of at least 4 members (excludes halogenated alkanes) is 28. The molecule has 0 spiro atoms. The zero-order chi connectivity index (χ0) is 43.1. The first-order valence-electron chi connectivity index (χ1n) is 27.2. The third-order valence-corrected chi connectivity index (χ3v) is 12.4. The minimum Gasteiger partial charge on any atom is -0.381 e. The second-order valence-electron chi connectivity index (χ2n) is 18.5. The number of hydrogen-bond donors (Lipinski definition) is 0. The molecular weight excluding hydrogens is 729 g/mol. The van der Waals surface area contributed by atoms with Crippen LogP contribution in [0.3, 0.4) is 0 Å². The Morgan fingerprint density at radius 1 is 0.220 bits per heavy atom. The lowest BCUT2D eigenvalue weighted by molar-refractivity contribution is -0.369. The van der Waals surface area contributed by atoms with E-state index in [1.165, 1.54) is 218 Å². The Labute approximate surface area is 372 Å². The Kier molecular flexibility index (Phi) is 47.1. The summed E-state index contributed by atoms with van der Waals surface area (Å²) >= 11 is 0. The van der Waals surface area contributed by atoms with Crippen LogP contribution in [0.25, 0.3) is 0 Å². The van der Waals surface area contributed by atoms with Gasteiger partial charge in [0.2, 0.25) is 0 Å². The molecule has 0 aromatic carbocycles. The Hall–Kier alpha value is -0.200. The van der Waals surface area contributed by atoms with E-state index in [0.29, 0.717) is 0 Å². The van der Waals surface area contributed by atoms with E-state index >= 15 is 0 Å². The molecule has 0 aliphatic rings. The van der Waals surface area contributed by atoms with Crippen LogP contribution in [0.4, 0.5) is 0 Å². The molecule has 0 bridgehead atoms. The molecule has 5 nitrogen and oxygen atoms in total. The minimum atomic E-state index is -0.558. The Balaban J connectivity index is 5.64. The van der Waals surface area contributed by atoms with E-state index in [1.807, 2.05) is 0 Å². The van der Waals surface area contributed by atoms with Gasteiger partial charge in [-0.25, -0.2) is 0 Å². The van der Waals surface area contributed by atoms with Crippen LogP contribution in [0.15, 0.2) is 0 Å². The van der Waals surface area contributed by atoms with Gasteiger partial charge in [-0.05, 0) is 64.2 Å². The minimum absolute atomic E-state index is 0.558. The summed E-state index contributed by atoms with van der Waals surface area (Å²) in [4.78, 5) is 0. The Bertz CT molecular complexity index is 688. The summed E-state index contributed by atoms with van der Waals surface area (Å²) in [5.41, 5.74) is 0.